The number of nitrogen functional groups attached to an aromatic ring is 1. The molecule has 0 radical (unpaired) electrons. The molecule has 0 aromatic heterocycles. The molecule has 0 bridgehead atoms. The molecule has 2 N–H and O–H groups in total. The van der Waals surface area contributed by atoms with E-state index in [0.29, 0.717) is 0 Å². The predicted molar refractivity (Wildman–Crippen MR) is 74.1 cm³/mol. The number of para-hydroxylation sites is 1. The number of piperidine rings is 1. The molecule has 0 aliphatic carbocycles. The van der Waals surface area contributed by atoms with E-state index in [1.165, 1.54) is 44.3 Å². The average Bonchev–Trinajstić information content (AvgIpc) is 2.38. The zero-order valence-corrected chi connectivity index (χ0v) is 10.9. The Hall–Kier alpha value is -1.02. The topological polar surface area (TPSA) is 29.3 Å². The number of hydrogen-bond acceptors (Lipinski definition) is 2. The van der Waals surface area contributed by atoms with E-state index in [0.717, 1.165) is 18.2 Å². The van der Waals surface area contributed by atoms with Gasteiger partial charge < -0.3 is 10.6 Å². The molecule has 1 aromatic rings. The smallest absolute Gasteiger partial charge is 0.0346 e. The molecule has 1 aliphatic rings. The molecule has 1 atom stereocenters. The number of nitrogens with two attached hydrogens (primary N) is 1. The Kier molecular flexibility index (Phi) is 4.43. The number of aryl methyl sites for hydroxylation is 1. The number of rotatable bonds is 4. The molecule has 2 rings (SSSR count). The van der Waals surface area contributed by atoms with Crippen molar-refractivity contribution in [2.24, 2.45) is 0 Å². The minimum absolute atomic E-state index is 0.772. The minimum atomic E-state index is 0.772. The van der Waals surface area contributed by atoms with Gasteiger partial charge in [0, 0.05) is 11.7 Å². The van der Waals surface area contributed by atoms with Gasteiger partial charge in [-0.1, -0.05) is 31.5 Å². The third-order valence-corrected chi connectivity index (χ3v) is 3.96. The maximum absolute atomic E-state index is 5.99. The molecule has 94 valence electrons. The van der Waals surface area contributed by atoms with Gasteiger partial charge in [-0.2, -0.15) is 0 Å². The predicted octanol–water partition coefficient (Wildman–Crippen LogP) is 3.08. The van der Waals surface area contributed by atoms with Crippen LogP contribution in [0.4, 0.5) is 5.69 Å². The van der Waals surface area contributed by atoms with Gasteiger partial charge in [0.2, 0.25) is 0 Å². The molecule has 1 aromatic carbocycles. The van der Waals surface area contributed by atoms with Crippen LogP contribution in [0, 0.1) is 0 Å². The quantitative estimate of drug-likeness (QED) is 0.808. The van der Waals surface area contributed by atoms with Crippen LogP contribution in [0.2, 0.25) is 0 Å². The van der Waals surface area contributed by atoms with Gasteiger partial charge in [0.25, 0.3) is 0 Å². The maximum Gasteiger partial charge on any atom is 0.0346 e. The molecule has 1 aliphatic heterocycles. The van der Waals surface area contributed by atoms with Gasteiger partial charge in [0.05, 0.1) is 0 Å². The number of benzene rings is 1. The van der Waals surface area contributed by atoms with E-state index in [-0.39, 0.29) is 0 Å². The minimum Gasteiger partial charge on any atom is -0.399 e. The van der Waals surface area contributed by atoms with Crippen molar-refractivity contribution in [1.82, 2.24) is 4.90 Å². The lowest BCUT2D eigenvalue weighted by Crippen LogP contribution is -2.39. The lowest BCUT2D eigenvalue weighted by molar-refractivity contribution is 0.148. The van der Waals surface area contributed by atoms with Gasteiger partial charge in [0.1, 0.15) is 0 Å². The monoisotopic (exact) mass is 232 g/mol. The van der Waals surface area contributed by atoms with Crippen molar-refractivity contribution in [2.45, 2.75) is 45.1 Å². The second-order valence-corrected chi connectivity index (χ2v) is 5.02. The molecule has 1 saturated heterocycles. The van der Waals surface area contributed by atoms with E-state index < -0.39 is 0 Å². The Morgan fingerprint density at radius 3 is 2.88 bits per heavy atom. The van der Waals surface area contributed by atoms with Gasteiger partial charge in [0.15, 0.2) is 0 Å². The summed E-state index contributed by atoms with van der Waals surface area (Å²) < 4.78 is 0. The van der Waals surface area contributed by atoms with E-state index in [2.05, 4.69) is 24.0 Å². The van der Waals surface area contributed by atoms with Crippen LogP contribution < -0.4 is 5.73 Å². The average molecular weight is 232 g/mol. The fraction of sp³-hybridized carbons (Fsp3) is 0.600. The largest absolute Gasteiger partial charge is 0.399 e. The molecular formula is C15H24N2. The van der Waals surface area contributed by atoms with Crippen LogP contribution in [0.5, 0.6) is 0 Å². The number of anilines is 1. The molecule has 1 heterocycles. The highest BCUT2D eigenvalue weighted by molar-refractivity contribution is 5.46. The third-order valence-electron chi connectivity index (χ3n) is 3.96. The molecule has 17 heavy (non-hydrogen) atoms. The molecule has 0 amide bonds. The normalized spacial score (nSPS) is 21.6. The lowest BCUT2D eigenvalue weighted by Gasteiger charge is -2.35. The van der Waals surface area contributed by atoms with Crippen molar-refractivity contribution in [3.05, 3.63) is 29.8 Å². The highest BCUT2D eigenvalue weighted by Gasteiger charge is 2.20. The van der Waals surface area contributed by atoms with E-state index in [9.17, 15) is 0 Å². The fourth-order valence-electron chi connectivity index (χ4n) is 2.89. The van der Waals surface area contributed by atoms with Crippen LogP contribution in [0.25, 0.3) is 0 Å². The van der Waals surface area contributed by atoms with E-state index in [1.807, 2.05) is 12.1 Å². The van der Waals surface area contributed by atoms with E-state index >= 15 is 0 Å². The summed E-state index contributed by atoms with van der Waals surface area (Å²) in [5, 5.41) is 0. The number of likely N-dealkylation sites (tertiary alicyclic amines) is 1. The Morgan fingerprint density at radius 1 is 1.29 bits per heavy atom. The molecule has 2 heteroatoms. The first-order chi connectivity index (χ1) is 8.31. The fourth-order valence-corrected chi connectivity index (χ4v) is 2.89. The molecule has 1 unspecified atom stereocenters. The van der Waals surface area contributed by atoms with Crippen LogP contribution in [0.1, 0.15) is 38.2 Å². The molecule has 0 saturated carbocycles. The first kappa shape index (κ1) is 12.4. The molecular weight excluding hydrogens is 208 g/mol. The van der Waals surface area contributed by atoms with Crippen LogP contribution in [-0.2, 0) is 6.42 Å². The first-order valence-corrected chi connectivity index (χ1v) is 6.88. The van der Waals surface area contributed by atoms with Crippen molar-refractivity contribution in [3.8, 4) is 0 Å². The van der Waals surface area contributed by atoms with Crippen molar-refractivity contribution in [2.75, 3.05) is 18.8 Å². The Bertz CT molecular complexity index is 349. The first-order valence-electron chi connectivity index (χ1n) is 6.88. The highest BCUT2D eigenvalue weighted by Crippen LogP contribution is 2.22. The summed E-state index contributed by atoms with van der Waals surface area (Å²) in [5.41, 5.74) is 8.25. The van der Waals surface area contributed by atoms with Gasteiger partial charge >= 0.3 is 0 Å². The summed E-state index contributed by atoms with van der Waals surface area (Å²) in [6.07, 6.45) is 6.50. The van der Waals surface area contributed by atoms with Crippen LogP contribution in [-0.4, -0.2) is 24.0 Å². The number of nitrogens with zero attached hydrogens (tertiary/aromatic N) is 1. The molecule has 2 nitrogen and oxygen atoms in total. The SMILES string of the molecule is CCN1CCCCC1CCc1ccccc1N. The second-order valence-electron chi connectivity index (χ2n) is 5.02. The summed E-state index contributed by atoms with van der Waals surface area (Å²) in [4.78, 5) is 2.63. The zero-order chi connectivity index (χ0) is 12.1. The third kappa shape index (κ3) is 3.22. The van der Waals surface area contributed by atoms with Crippen molar-refractivity contribution in [3.63, 3.8) is 0 Å². The van der Waals surface area contributed by atoms with Crippen molar-refractivity contribution < 1.29 is 0 Å². The van der Waals surface area contributed by atoms with Gasteiger partial charge in [-0.25, -0.2) is 0 Å². The van der Waals surface area contributed by atoms with Gasteiger partial charge in [-0.15, -0.1) is 0 Å². The summed E-state index contributed by atoms with van der Waals surface area (Å²) in [6.45, 7) is 4.75. The van der Waals surface area contributed by atoms with Crippen LogP contribution in [0.3, 0.4) is 0 Å². The summed E-state index contributed by atoms with van der Waals surface area (Å²) in [5.74, 6) is 0. The summed E-state index contributed by atoms with van der Waals surface area (Å²) in [7, 11) is 0. The summed E-state index contributed by atoms with van der Waals surface area (Å²) in [6, 6.07) is 9.04. The standard InChI is InChI=1S/C15H24N2/c1-2-17-12-6-5-8-14(17)11-10-13-7-3-4-9-15(13)16/h3-4,7,9,14H,2,5-6,8,10-12,16H2,1H3. The second kappa shape index (κ2) is 6.06. The lowest BCUT2D eigenvalue weighted by atomic mass is 9.95. The molecule has 0 spiro atoms. The van der Waals surface area contributed by atoms with Gasteiger partial charge in [-0.3, -0.25) is 0 Å². The summed E-state index contributed by atoms with van der Waals surface area (Å²) >= 11 is 0. The number of hydrogen-bond donors (Lipinski definition) is 1. The maximum atomic E-state index is 5.99. The Labute approximate surface area is 105 Å². The van der Waals surface area contributed by atoms with E-state index in [1.54, 1.807) is 0 Å². The Morgan fingerprint density at radius 2 is 2.12 bits per heavy atom. The van der Waals surface area contributed by atoms with Crippen LogP contribution >= 0.6 is 0 Å². The Balaban J connectivity index is 1.90. The van der Waals surface area contributed by atoms with E-state index in [4.69, 9.17) is 5.73 Å². The van der Waals surface area contributed by atoms with Gasteiger partial charge in [-0.05, 0) is 50.4 Å². The van der Waals surface area contributed by atoms with Crippen LogP contribution in [0.15, 0.2) is 24.3 Å². The molecule has 1 fully saturated rings. The zero-order valence-electron chi connectivity index (χ0n) is 10.9. The highest BCUT2D eigenvalue weighted by atomic mass is 15.2. The van der Waals surface area contributed by atoms with Crippen molar-refractivity contribution in [1.29, 1.82) is 0 Å². The van der Waals surface area contributed by atoms with Crippen molar-refractivity contribution >= 4 is 5.69 Å².